The highest BCUT2D eigenvalue weighted by atomic mass is 32.1. The molecule has 0 unspecified atom stereocenters. The molecule has 0 aromatic carbocycles. The summed E-state index contributed by atoms with van der Waals surface area (Å²) in [6.07, 6.45) is -17.9. The van der Waals surface area contributed by atoms with Crippen molar-refractivity contribution < 1.29 is 176 Å². The van der Waals surface area contributed by atoms with E-state index in [0.717, 1.165) is 76.6 Å². The Balaban J connectivity index is 0.000000525. The number of nitrogens with one attached hydrogen (secondary N) is 1. The average molecular weight is 2190 g/mol. The fraction of sp³-hybridized carbons (Fsp3) is 0.774. The fourth-order valence-corrected chi connectivity index (χ4v) is 16.4. The molecule has 15 atom stereocenters. The van der Waals surface area contributed by atoms with Gasteiger partial charge in [-0.05, 0) is 182 Å². The molecule has 3 N–H and O–H groups in total. The van der Waals surface area contributed by atoms with Crippen LogP contribution < -0.4 is 34.2 Å². The van der Waals surface area contributed by atoms with E-state index in [0.29, 0.717) is 95.8 Å². The van der Waals surface area contributed by atoms with Crippen LogP contribution in [0.4, 0.5) is 17.5 Å². The Morgan fingerprint density at radius 2 is 0.578 bits per heavy atom. The van der Waals surface area contributed by atoms with Crippen LogP contribution >= 0.6 is 35.2 Å². The van der Waals surface area contributed by atoms with E-state index in [9.17, 15) is 77.0 Å². The molecule has 3 saturated heterocycles. The number of aromatic nitrogens is 6. The third-order valence-corrected chi connectivity index (χ3v) is 33.1. The fourth-order valence-electron chi connectivity index (χ4n) is 12.1. The molecular weight excluding hydrogens is 2030 g/mol. The van der Waals surface area contributed by atoms with Crippen molar-refractivity contribution in [3.63, 3.8) is 0 Å². The summed E-state index contributed by atoms with van der Waals surface area (Å²) < 4.78 is 133. The number of carbonyl (C=O) groups excluding carboxylic acids is 14. The Morgan fingerprint density at radius 1 is 0.347 bits per heavy atom. The van der Waals surface area contributed by atoms with E-state index in [1.165, 1.54) is 92.8 Å². The maximum Gasteiger partial charge on any atom is 0.347 e. The SMILES string of the molecule is CC(=O)O[C@@H](C)C(=O)O[C@@H](C)C(=O)O[C@@H](C)C(=O)O[C@@H](C)C(=O)N(C[C@@H](COc1nsnc1N1CCOCC1)O[Si](C)(C)C(C)(C)C)C(C)(C)C.CC(=O)O[C@@H](C)C(=O)O[C@@H](C)C(=O)O[C@@H](C)C(=O)O[C@@H](C)C(=O)N(C[C@H](O)COc1nsnc1N1CCOCC1)C(C)(C)C.CC(=O)O[C@@H](C)C(=O)O[C@@H](C)C(=O)O[C@@H](C)C(=O)O[C@@H](C)C(=O)O.CC(C)(C)NC[C@@H](COc1nsnc1N1CCOCC1)O[Si](C)(C)C(C)(C)C. The van der Waals surface area contributed by atoms with Gasteiger partial charge in [-0.15, -0.1) is 13.1 Å². The molecule has 0 saturated carbocycles. The number of ether oxygens (including phenoxy) is 18. The lowest BCUT2D eigenvalue weighted by atomic mass is 10.0. The smallest absolute Gasteiger partial charge is 0.347 e. The first-order valence-electron chi connectivity index (χ1n) is 48.1. The highest BCUT2D eigenvalue weighted by molar-refractivity contribution is 7.00. The van der Waals surface area contributed by atoms with Crippen LogP contribution in [-0.2, 0) is 152 Å². The van der Waals surface area contributed by atoms with Crippen molar-refractivity contribution in [1.82, 2.24) is 41.4 Å². The van der Waals surface area contributed by atoms with Gasteiger partial charge in [0, 0.05) is 89.7 Å². The Hall–Kier alpha value is -10.3. The summed E-state index contributed by atoms with van der Waals surface area (Å²) in [6.45, 7) is 66.6. The zero-order chi connectivity index (χ0) is 112. The Bertz CT molecular complexity index is 4750. The second-order valence-electron chi connectivity index (χ2n) is 40.7. The number of carboxylic acids is 1. The molecule has 0 radical (unpaired) electrons. The zero-order valence-corrected chi connectivity index (χ0v) is 95.7. The molecule has 0 bridgehead atoms. The van der Waals surface area contributed by atoms with Crippen LogP contribution in [0.15, 0.2) is 0 Å². The summed E-state index contributed by atoms with van der Waals surface area (Å²) in [5.41, 5.74) is -1.48. The first-order valence-corrected chi connectivity index (χ1v) is 56.1. The van der Waals surface area contributed by atoms with Gasteiger partial charge in [-0.25, -0.2) is 47.9 Å². The van der Waals surface area contributed by atoms with Crippen LogP contribution in [0.5, 0.6) is 17.6 Å². The van der Waals surface area contributed by atoms with Crippen LogP contribution in [0.2, 0.25) is 36.3 Å². The van der Waals surface area contributed by atoms with Crippen molar-refractivity contribution in [3.8, 4) is 17.6 Å². The minimum atomic E-state index is -2.38. The zero-order valence-electron chi connectivity index (χ0n) is 91.2. The number of esters is 12. The first-order chi connectivity index (χ1) is 67.8. The topological polar surface area (TPSA) is 587 Å². The average Bonchev–Trinajstić information content (AvgIpc) is 1.74. The van der Waals surface area contributed by atoms with Gasteiger partial charge in [0.2, 0.25) is 17.5 Å². The normalized spacial score (nSPS) is 16.8. The molecular formula is C93H156N12O37S3Si2. The van der Waals surface area contributed by atoms with E-state index in [1.807, 2.05) is 25.7 Å². The number of β-amino-alcohol motifs (C(OH)–C–C–N with tert-alkyl or cyclic N) is 1. The maximum atomic E-state index is 14.0. The van der Waals surface area contributed by atoms with Gasteiger partial charge in [-0.3, -0.25) is 24.0 Å². The van der Waals surface area contributed by atoms with Gasteiger partial charge in [-0.2, -0.15) is 13.1 Å². The number of amides is 2. The highest BCUT2D eigenvalue weighted by Crippen LogP contribution is 2.40. The standard InChI is InChI=1S/C33H56N4O12SSi.C27H42N4O12S.C19H38N4O3SSi.C14H20O10/c1-20(46-30(41)22(3)48-31(42)23(4)47-29(40)21(2)45-24(5)38)28(39)37(32(6,7)8)18-25(49-51(12,13)33(9,10)11)19-44-27-26(34-50-35-27)36-14-16-43-17-15-36;1-15(41-25(36)17(3)43-26(37)18(4)42-24(35)16(2)40-19(5)32)23(34)31(27(6,7)8)13-20(33)14-39-22-21(28-44-29-22)30-9-11-38-12-10-30;1-18(2,3)20-13-15(26-28(7,8)19(4,5)6)14-25-17-16(21-27-22-17)23-9-11-24-12-10-23;1-6(11(16)17)22-13(19)8(3)24-14(20)9(4)23-12(18)7(2)21-10(5)15/h20-23,25H,14-19H2,1-13H3;15-18,20,33H,9-14H2,1-8H3;15,20H,9-14H2,1-8H3;6-9H,1-5H3,(H,16,17)/t20-,21-,22-,23-,25-;15-,16-,17-,18-,20-;15-;6-,7-,8-,9-/m0000/s1. The van der Waals surface area contributed by atoms with Gasteiger partial charge < -0.3 is 134 Å². The number of hydrogen-bond donors (Lipinski definition) is 3. The number of hydrogen-bond acceptors (Lipinski definition) is 49. The molecule has 3 aliphatic heterocycles. The molecule has 0 aliphatic carbocycles. The summed E-state index contributed by atoms with van der Waals surface area (Å²) in [4.78, 5) is 189. The monoisotopic (exact) mass is 2180 g/mol. The van der Waals surface area contributed by atoms with Crippen molar-refractivity contribution in [3.05, 3.63) is 0 Å². The molecule has 6 heterocycles. The van der Waals surface area contributed by atoms with Crippen molar-refractivity contribution in [1.29, 1.82) is 0 Å². The summed E-state index contributed by atoms with van der Waals surface area (Å²) in [5.74, 6) is -10.4. The van der Waals surface area contributed by atoms with Crippen LogP contribution in [-0.4, -0.2) is 379 Å². The summed E-state index contributed by atoms with van der Waals surface area (Å²) in [7, 11) is -4.29. The molecule has 49 nitrogen and oxygen atoms in total. The second-order valence-corrected chi connectivity index (χ2v) is 51.8. The quantitative estimate of drug-likeness (QED) is 0.0282. The van der Waals surface area contributed by atoms with Crippen LogP contribution in [0, 0.1) is 0 Å². The number of aliphatic carboxylic acids is 1. The number of anilines is 3. The van der Waals surface area contributed by atoms with E-state index >= 15 is 0 Å². The minimum absolute atomic E-state index is 0.0240. The largest absolute Gasteiger partial charge is 0.479 e. The molecule has 2 amide bonds. The summed E-state index contributed by atoms with van der Waals surface area (Å²) in [6, 6.07) is 0. The van der Waals surface area contributed by atoms with Crippen molar-refractivity contribution in [2.75, 3.05) is 133 Å². The molecule has 3 aromatic rings. The number of aliphatic hydroxyl groups is 1. The predicted octanol–water partition coefficient (Wildman–Crippen LogP) is 7.36. The lowest BCUT2D eigenvalue weighted by Gasteiger charge is -2.43. The second kappa shape index (κ2) is 59.9. The van der Waals surface area contributed by atoms with E-state index in [1.54, 1.807) is 25.7 Å². The molecule has 3 aliphatic rings. The number of nitrogens with zero attached hydrogens (tertiary/aromatic N) is 11. The first kappa shape index (κ1) is 131. The van der Waals surface area contributed by atoms with Crippen molar-refractivity contribution in [2.45, 2.75) is 352 Å². The minimum Gasteiger partial charge on any atom is -0.479 e. The third-order valence-electron chi connectivity index (χ3n) is 22.5. The van der Waals surface area contributed by atoms with Gasteiger partial charge in [0.25, 0.3) is 29.5 Å². The van der Waals surface area contributed by atoms with Gasteiger partial charge in [0.1, 0.15) is 25.9 Å². The van der Waals surface area contributed by atoms with E-state index < -0.39 is 203 Å². The molecule has 147 heavy (non-hydrogen) atoms. The lowest BCUT2D eigenvalue weighted by molar-refractivity contribution is -0.184. The maximum absolute atomic E-state index is 14.0. The van der Waals surface area contributed by atoms with Crippen LogP contribution in [0.1, 0.15) is 208 Å². The predicted molar refractivity (Wildman–Crippen MR) is 537 cm³/mol. The van der Waals surface area contributed by atoms with Crippen molar-refractivity contribution in [2.24, 2.45) is 0 Å². The van der Waals surface area contributed by atoms with Gasteiger partial charge >= 0.3 is 77.6 Å². The summed E-state index contributed by atoms with van der Waals surface area (Å²) >= 11 is 3.23. The van der Waals surface area contributed by atoms with Crippen molar-refractivity contribution >= 4 is 159 Å². The number of carboxylic acid groups (broad SMARTS) is 1. The van der Waals surface area contributed by atoms with E-state index in [4.69, 9.17) is 89.7 Å². The number of morpholine rings is 3. The molecule has 3 aromatic heterocycles. The lowest BCUT2D eigenvalue weighted by Crippen LogP contribution is -2.56. The third kappa shape index (κ3) is 46.4. The van der Waals surface area contributed by atoms with Gasteiger partial charge in [0.15, 0.2) is 89.9 Å². The molecule has 0 spiro atoms. The Kier molecular flexibility index (Phi) is 53.3. The van der Waals surface area contributed by atoms with Crippen LogP contribution in [0.25, 0.3) is 0 Å². The Labute approximate surface area is 874 Å². The highest BCUT2D eigenvalue weighted by Gasteiger charge is 2.45. The molecule has 6 rings (SSSR count). The number of carbonyl (C=O) groups is 15. The van der Waals surface area contributed by atoms with Gasteiger partial charge in [0.05, 0.1) is 93.6 Å². The molecule has 3 fully saturated rings. The summed E-state index contributed by atoms with van der Waals surface area (Å²) in [5, 5.41) is 22.9. The molecule has 836 valence electrons. The number of aliphatic hydroxyl groups excluding tert-OH is 1. The van der Waals surface area contributed by atoms with Gasteiger partial charge in [-0.1, -0.05) is 41.5 Å². The van der Waals surface area contributed by atoms with E-state index in [2.05, 4.69) is 139 Å². The number of rotatable bonds is 46. The molecule has 54 heteroatoms. The van der Waals surface area contributed by atoms with Crippen LogP contribution in [0.3, 0.4) is 0 Å². The Morgan fingerprint density at radius 3 is 0.823 bits per heavy atom. The van der Waals surface area contributed by atoms with E-state index in [-0.39, 0.29) is 53.9 Å².